The van der Waals surface area contributed by atoms with Gasteiger partial charge in [0.05, 0.1) is 10.5 Å². The molecule has 0 aliphatic rings. The van der Waals surface area contributed by atoms with Crippen molar-refractivity contribution in [3.63, 3.8) is 0 Å². The summed E-state index contributed by atoms with van der Waals surface area (Å²) in [6.07, 6.45) is 0.0181. The van der Waals surface area contributed by atoms with Crippen molar-refractivity contribution in [3.05, 3.63) is 67.6 Å². The van der Waals surface area contributed by atoms with Crippen LogP contribution in [0, 0.1) is 11.6 Å². The Morgan fingerprint density at radius 3 is 2.33 bits per heavy atom. The molecule has 21 heavy (non-hydrogen) atoms. The molecular formula is C14H11BrCl2F2N2. The Labute approximate surface area is 139 Å². The molecule has 1 unspecified atom stereocenters. The lowest BCUT2D eigenvalue weighted by Gasteiger charge is -2.18. The summed E-state index contributed by atoms with van der Waals surface area (Å²) in [5.74, 6) is 4.21. The number of hydrazine groups is 1. The Bertz CT molecular complexity index is 647. The molecule has 0 saturated heterocycles. The highest BCUT2D eigenvalue weighted by Crippen LogP contribution is 2.29. The molecule has 0 aliphatic carbocycles. The van der Waals surface area contributed by atoms with Crippen LogP contribution >= 0.6 is 39.1 Å². The minimum Gasteiger partial charge on any atom is -0.271 e. The quantitative estimate of drug-likeness (QED) is 0.444. The molecule has 112 valence electrons. The van der Waals surface area contributed by atoms with Crippen molar-refractivity contribution in [2.75, 3.05) is 0 Å². The molecule has 0 amide bonds. The average molecular weight is 396 g/mol. The number of benzene rings is 2. The third-order valence-corrected chi connectivity index (χ3v) is 4.08. The molecule has 0 radical (unpaired) electrons. The number of halogens is 5. The Balaban J connectivity index is 2.38. The Morgan fingerprint density at radius 1 is 1.14 bits per heavy atom. The molecule has 0 aromatic heterocycles. The minimum atomic E-state index is -0.650. The Hall–Kier alpha value is -0.720. The molecule has 2 aromatic carbocycles. The fourth-order valence-electron chi connectivity index (χ4n) is 2.01. The van der Waals surface area contributed by atoms with Gasteiger partial charge in [-0.3, -0.25) is 11.3 Å². The van der Waals surface area contributed by atoms with E-state index in [1.165, 1.54) is 12.1 Å². The van der Waals surface area contributed by atoms with Gasteiger partial charge < -0.3 is 0 Å². The first-order valence-corrected chi connectivity index (χ1v) is 7.51. The summed E-state index contributed by atoms with van der Waals surface area (Å²) in [5, 5.41) is 0.848. The number of nitrogens with one attached hydrogen (secondary N) is 1. The maximum absolute atomic E-state index is 14.0. The van der Waals surface area contributed by atoms with Crippen LogP contribution in [0.2, 0.25) is 10.0 Å². The lowest BCUT2D eigenvalue weighted by molar-refractivity contribution is 0.498. The van der Waals surface area contributed by atoms with Gasteiger partial charge in [-0.15, -0.1) is 0 Å². The standard InChI is InChI=1S/C14H11BrCl2F2N2/c15-11-1-2-12(18)10(14(11)19)6-13(21-20)7-3-8(16)5-9(17)4-7/h1-5,13,21H,6,20H2. The fraction of sp³-hybridized carbons (Fsp3) is 0.143. The molecule has 2 aromatic rings. The number of rotatable bonds is 4. The molecule has 3 N–H and O–H groups in total. The molecule has 0 heterocycles. The van der Waals surface area contributed by atoms with E-state index in [9.17, 15) is 8.78 Å². The first kappa shape index (κ1) is 16.6. The predicted octanol–water partition coefficient (Wildman–Crippen LogP) is 4.78. The molecule has 0 bridgehead atoms. The first-order valence-electron chi connectivity index (χ1n) is 5.97. The second-order valence-corrected chi connectivity index (χ2v) is 6.18. The van der Waals surface area contributed by atoms with E-state index < -0.39 is 17.7 Å². The SMILES string of the molecule is NNC(Cc1c(F)ccc(Br)c1F)c1cc(Cl)cc(Cl)c1. The second kappa shape index (κ2) is 7.03. The van der Waals surface area contributed by atoms with E-state index >= 15 is 0 Å². The van der Waals surface area contributed by atoms with Crippen molar-refractivity contribution in [2.45, 2.75) is 12.5 Å². The Kier molecular flexibility index (Phi) is 5.57. The van der Waals surface area contributed by atoms with Crippen molar-refractivity contribution >= 4 is 39.1 Å². The van der Waals surface area contributed by atoms with E-state index in [2.05, 4.69) is 21.4 Å². The summed E-state index contributed by atoms with van der Waals surface area (Å²) >= 11 is 14.9. The van der Waals surface area contributed by atoms with Crippen molar-refractivity contribution < 1.29 is 8.78 Å². The van der Waals surface area contributed by atoms with Crippen molar-refractivity contribution in [2.24, 2.45) is 5.84 Å². The smallest absolute Gasteiger partial charge is 0.143 e. The lowest BCUT2D eigenvalue weighted by Crippen LogP contribution is -2.30. The summed E-state index contributed by atoms with van der Waals surface area (Å²) in [6.45, 7) is 0. The highest BCUT2D eigenvalue weighted by molar-refractivity contribution is 9.10. The summed E-state index contributed by atoms with van der Waals surface area (Å²) in [6, 6.07) is 6.84. The first-order chi connectivity index (χ1) is 9.92. The van der Waals surface area contributed by atoms with Gasteiger partial charge in [0.15, 0.2) is 0 Å². The highest BCUT2D eigenvalue weighted by Gasteiger charge is 2.19. The zero-order valence-electron chi connectivity index (χ0n) is 10.6. The van der Waals surface area contributed by atoms with Gasteiger partial charge >= 0.3 is 0 Å². The maximum atomic E-state index is 14.0. The van der Waals surface area contributed by atoms with Crippen LogP contribution in [-0.2, 0) is 6.42 Å². The van der Waals surface area contributed by atoms with Crippen LogP contribution in [0.3, 0.4) is 0 Å². The van der Waals surface area contributed by atoms with Gasteiger partial charge in [0.1, 0.15) is 11.6 Å². The topological polar surface area (TPSA) is 38.0 Å². The van der Waals surface area contributed by atoms with Crippen molar-refractivity contribution in [1.82, 2.24) is 5.43 Å². The van der Waals surface area contributed by atoms with E-state index in [-0.39, 0.29) is 16.5 Å². The van der Waals surface area contributed by atoms with E-state index in [4.69, 9.17) is 29.0 Å². The summed E-state index contributed by atoms with van der Waals surface area (Å²) < 4.78 is 28.0. The zero-order chi connectivity index (χ0) is 15.6. The van der Waals surface area contributed by atoms with Gasteiger partial charge in [-0.2, -0.15) is 0 Å². The highest BCUT2D eigenvalue weighted by atomic mass is 79.9. The van der Waals surface area contributed by atoms with E-state index in [0.29, 0.717) is 15.6 Å². The molecular weight excluding hydrogens is 385 g/mol. The second-order valence-electron chi connectivity index (χ2n) is 4.45. The molecule has 0 fully saturated rings. The molecule has 0 aliphatic heterocycles. The van der Waals surface area contributed by atoms with Crippen LogP contribution in [0.5, 0.6) is 0 Å². The number of hydrogen-bond donors (Lipinski definition) is 2. The Morgan fingerprint density at radius 2 is 1.76 bits per heavy atom. The third kappa shape index (κ3) is 3.93. The molecule has 0 spiro atoms. The average Bonchev–Trinajstić information content (AvgIpc) is 2.42. The summed E-state index contributed by atoms with van der Waals surface area (Å²) in [5.41, 5.74) is 3.11. The van der Waals surface area contributed by atoms with Gasteiger partial charge in [0.25, 0.3) is 0 Å². The molecule has 2 rings (SSSR count). The zero-order valence-corrected chi connectivity index (χ0v) is 13.7. The summed E-state index contributed by atoms with van der Waals surface area (Å²) in [4.78, 5) is 0. The molecule has 1 atom stereocenters. The van der Waals surface area contributed by atoms with Crippen LogP contribution in [-0.4, -0.2) is 0 Å². The van der Waals surface area contributed by atoms with Gasteiger partial charge in [-0.25, -0.2) is 8.78 Å². The fourth-order valence-corrected chi connectivity index (χ4v) is 2.92. The van der Waals surface area contributed by atoms with E-state index in [0.717, 1.165) is 0 Å². The maximum Gasteiger partial charge on any atom is 0.143 e. The van der Waals surface area contributed by atoms with Gasteiger partial charge in [-0.05, 0) is 58.2 Å². The van der Waals surface area contributed by atoms with Gasteiger partial charge in [0.2, 0.25) is 0 Å². The third-order valence-electron chi connectivity index (χ3n) is 3.04. The predicted molar refractivity (Wildman–Crippen MR) is 84.3 cm³/mol. The monoisotopic (exact) mass is 394 g/mol. The van der Waals surface area contributed by atoms with Crippen LogP contribution in [0.25, 0.3) is 0 Å². The molecule has 2 nitrogen and oxygen atoms in total. The van der Waals surface area contributed by atoms with Gasteiger partial charge in [-0.1, -0.05) is 23.2 Å². The number of nitrogens with two attached hydrogens (primary N) is 1. The van der Waals surface area contributed by atoms with Gasteiger partial charge in [0, 0.05) is 15.6 Å². The normalized spacial score (nSPS) is 12.5. The van der Waals surface area contributed by atoms with E-state index in [1.807, 2.05) is 0 Å². The van der Waals surface area contributed by atoms with Crippen LogP contribution in [0.4, 0.5) is 8.78 Å². The summed E-state index contributed by atoms with van der Waals surface area (Å²) in [7, 11) is 0. The van der Waals surface area contributed by atoms with Crippen LogP contribution in [0.15, 0.2) is 34.8 Å². The van der Waals surface area contributed by atoms with E-state index in [1.54, 1.807) is 18.2 Å². The van der Waals surface area contributed by atoms with Crippen molar-refractivity contribution in [1.29, 1.82) is 0 Å². The molecule has 0 saturated carbocycles. The minimum absolute atomic E-state index is 0.0181. The van der Waals surface area contributed by atoms with Crippen LogP contribution < -0.4 is 11.3 Å². The lowest BCUT2D eigenvalue weighted by atomic mass is 9.98. The number of hydrogen-bond acceptors (Lipinski definition) is 2. The van der Waals surface area contributed by atoms with Crippen LogP contribution in [0.1, 0.15) is 17.2 Å². The molecule has 7 heteroatoms. The largest absolute Gasteiger partial charge is 0.271 e. The van der Waals surface area contributed by atoms with Crippen molar-refractivity contribution in [3.8, 4) is 0 Å².